The van der Waals surface area contributed by atoms with Gasteiger partial charge in [0.2, 0.25) is 0 Å². The lowest BCUT2D eigenvalue weighted by Crippen LogP contribution is -2.09. The zero-order valence-electron chi connectivity index (χ0n) is 12.3. The average molecular weight is 362 g/mol. The van der Waals surface area contributed by atoms with E-state index in [2.05, 4.69) is 27.0 Å². The molecule has 4 nitrogen and oxygen atoms in total. The number of aryl methyl sites for hydroxylation is 2. The lowest BCUT2D eigenvalue weighted by molar-refractivity contribution is -0.139. The second-order valence-corrected chi connectivity index (χ2v) is 5.77. The Morgan fingerprint density at radius 2 is 2.05 bits per heavy atom. The molecule has 0 aromatic heterocycles. The zero-order valence-corrected chi connectivity index (χ0v) is 13.9. The molecule has 0 saturated heterocycles. The number of halogens is 1. The molecule has 0 fully saturated rings. The monoisotopic (exact) mass is 361 g/mol. The smallest absolute Gasteiger partial charge is 0.341 e. The molecule has 0 bridgehead atoms. The van der Waals surface area contributed by atoms with Gasteiger partial charge in [0, 0.05) is 6.21 Å². The third-order valence-corrected chi connectivity index (χ3v) is 3.63. The molecule has 0 heterocycles. The van der Waals surface area contributed by atoms with Crippen LogP contribution in [0.5, 0.6) is 5.75 Å². The van der Waals surface area contributed by atoms with Crippen LogP contribution in [0.15, 0.2) is 45.9 Å². The lowest BCUT2D eigenvalue weighted by Gasteiger charge is -2.06. The van der Waals surface area contributed by atoms with Crippen molar-refractivity contribution < 1.29 is 14.6 Å². The molecule has 114 valence electrons. The third-order valence-electron chi connectivity index (χ3n) is 3.01. The van der Waals surface area contributed by atoms with Crippen LogP contribution < -0.4 is 4.74 Å². The number of hydrogen-bond donors (Lipinski definition) is 1. The van der Waals surface area contributed by atoms with Crippen molar-refractivity contribution in [3.8, 4) is 5.75 Å². The fourth-order valence-corrected chi connectivity index (χ4v) is 2.46. The number of aliphatic carboxylic acids is 1. The van der Waals surface area contributed by atoms with Crippen LogP contribution in [0, 0.1) is 13.8 Å². The van der Waals surface area contributed by atoms with Gasteiger partial charge in [-0.3, -0.25) is 4.99 Å². The Morgan fingerprint density at radius 3 is 2.68 bits per heavy atom. The molecule has 2 rings (SSSR count). The quantitative estimate of drug-likeness (QED) is 0.808. The first-order valence-electron chi connectivity index (χ1n) is 6.71. The van der Waals surface area contributed by atoms with Gasteiger partial charge < -0.3 is 9.84 Å². The highest BCUT2D eigenvalue weighted by molar-refractivity contribution is 9.10. The van der Waals surface area contributed by atoms with Crippen molar-refractivity contribution in [3.63, 3.8) is 0 Å². The minimum Gasteiger partial charge on any atom is -0.481 e. The van der Waals surface area contributed by atoms with Gasteiger partial charge in [-0.1, -0.05) is 17.7 Å². The van der Waals surface area contributed by atoms with Gasteiger partial charge in [-0.2, -0.15) is 0 Å². The highest BCUT2D eigenvalue weighted by Crippen LogP contribution is 2.26. The van der Waals surface area contributed by atoms with Crippen LogP contribution in [-0.2, 0) is 4.79 Å². The van der Waals surface area contributed by atoms with Crippen molar-refractivity contribution in [2.75, 3.05) is 6.61 Å². The molecular weight excluding hydrogens is 346 g/mol. The summed E-state index contributed by atoms with van der Waals surface area (Å²) in [6.45, 7) is 3.71. The summed E-state index contributed by atoms with van der Waals surface area (Å²) in [4.78, 5) is 15.0. The van der Waals surface area contributed by atoms with Crippen molar-refractivity contribution in [1.29, 1.82) is 0 Å². The number of carbonyl (C=O) groups is 1. The second-order valence-electron chi connectivity index (χ2n) is 4.92. The highest BCUT2D eigenvalue weighted by atomic mass is 79.9. The molecule has 0 amide bonds. The van der Waals surface area contributed by atoms with E-state index >= 15 is 0 Å². The fraction of sp³-hybridized carbons (Fsp3) is 0.176. The zero-order chi connectivity index (χ0) is 16.1. The second kappa shape index (κ2) is 7.22. The summed E-state index contributed by atoms with van der Waals surface area (Å²) < 4.78 is 5.85. The molecule has 0 aliphatic carbocycles. The summed E-state index contributed by atoms with van der Waals surface area (Å²) >= 11 is 3.37. The van der Waals surface area contributed by atoms with Crippen molar-refractivity contribution in [1.82, 2.24) is 0 Å². The van der Waals surface area contributed by atoms with Crippen LogP contribution in [0.4, 0.5) is 5.69 Å². The summed E-state index contributed by atoms with van der Waals surface area (Å²) in [5, 5.41) is 8.61. The number of carboxylic acids is 1. The number of hydrogen-bond acceptors (Lipinski definition) is 3. The standard InChI is InChI=1S/C17H16BrNO3/c1-11-3-5-15(12(2)7-11)19-9-13-4-6-16(14(18)8-13)22-10-17(20)21/h3-9H,10H2,1-2H3,(H,20,21). The van der Waals surface area contributed by atoms with Crippen LogP contribution in [-0.4, -0.2) is 23.9 Å². The summed E-state index contributed by atoms with van der Waals surface area (Å²) in [6, 6.07) is 11.5. The normalized spacial score (nSPS) is 10.9. The molecule has 2 aromatic rings. The summed E-state index contributed by atoms with van der Waals surface area (Å²) in [7, 11) is 0. The Labute approximate surface area is 137 Å². The molecule has 0 saturated carbocycles. The number of rotatable bonds is 5. The summed E-state index contributed by atoms with van der Waals surface area (Å²) in [5.41, 5.74) is 4.15. The maximum Gasteiger partial charge on any atom is 0.341 e. The van der Waals surface area contributed by atoms with Crippen molar-refractivity contribution >= 4 is 33.8 Å². The maximum atomic E-state index is 10.5. The highest BCUT2D eigenvalue weighted by Gasteiger charge is 2.04. The van der Waals surface area contributed by atoms with E-state index in [1.807, 2.05) is 38.1 Å². The molecular formula is C17H16BrNO3. The molecule has 1 N–H and O–H groups in total. The van der Waals surface area contributed by atoms with Crippen LogP contribution in [0.25, 0.3) is 0 Å². The van der Waals surface area contributed by atoms with E-state index in [9.17, 15) is 4.79 Å². The van der Waals surface area contributed by atoms with Crippen LogP contribution in [0.2, 0.25) is 0 Å². The number of nitrogens with zero attached hydrogens (tertiary/aromatic N) is 1. The van der Waals surface area contributed by atoms with E-state index in [4.69, 9.17) is 9.84 Å². The number of carboxylic acid groups (broad SMARTS) is 1. The van der Waals surface area contributed by atoms with E-state index < -0.39 is 5.97 Å². The summed E-state index contributed by atoms with van der Waals surface area (Å²) in [5.74, 6) is -0.515. The first-order chi connectivity index (χ1) is 10.5. The molecule has 0 aliphatic heterocycles. The van der Waals surface area contributed by atoms with Gasteiger partial charge >= 0.3 is 5.97 Å². The van der Waals surface area contributed by atoms with Gasteiger partial charge in [0.25, 0.3) is 0 Å². The maximum absolute atomic E-state index is 10.5. The molecule has 0 aliphatic rings. The fourth-order valence-electron chi connectivity index (χ4n) is 1.95. The van der Waals surface area contributed by atoms with Crippen molar-refractivity contribution in [3.05, 3.63) is 57.6 Å². The first kappa shape index (κ1) is 16.2. The van der Waals surface area contributed by atoms with Gasteiger partial charge in [-0.05, 0) is 65.2 Å². The molecule has 22 heavy (non-hydrogen) atoms. The Hall–Kier alpha value is -2.14. The molecule has 5 heteroatoms. The molecule has 0 unspecified atom stereocenters. The van der Waals surface area contributed by atoms with Crippen LogP contribution >= 0.6 is 15.9 Å². The van der Waals surface area contributed by atoms with Gasteiger partial charge in [-0.15, -0.1) is 0 Å². The largest absolute Gasteiger partial charge is 0.481 e. The Balaban J connectivity index is 2.14. The molecule has 0 radical (unpaired) electrons. The van der Waals surface area contributed by atoms with Crippen molar-refractivity contribution in [2.24, 2.45) is 4.99 Å². The SMILES string of the molecule is Cc1ccc(N=Cc2ccc(OCC(=O)O)c(Br)c2)c(C)c1. The Morgan fingerprint density at radius 1 is 1.27 bits per heavy atom. The minimum atomic E-state index is -1.01. The minimum absolute atomic E-state index is 0.366. The van der Waals surface area contributed by atoms with Gasteiger partial charge in [-0.25, -0.2) is 4.79 Å². The van der Waals surface area contributed by atoms with Crippen LogP contribution in [0.1, 0.15) is 16.7 Å². The van der Waals surface area contributed by atoms with Gasteiger partial charge in [0.15, 0.2) is 6.61 Å². The third kappa shape index (κ3) is 4.43. The first-order valence-corrected chi connectivity index (χ1v) is 7.50. The lowest BCUT2D eigenvalue weighted by atomic mass is 10.1. The van der Waals surface area contributed by atoms with Crippen LogP contribution in [0.3, 0.4) is 0 Å². The van der Waals surface area contributed by atoms with Gasteiger partial charge in [0.05, 0.1) is 10.2 Å². The predicted molar refractivity (Wildman–Crippen MR) is 90.4 cm³/mol. The van der Waals surface area contributed by atoms with E-state index in [0.717, 1.165) is 16.8 Å². The number of benzene rings is 2. The van der Waals surface area contributed by atoms with E-state index in [0.29, 0.717) is 10.2 Å². The van der Waals surface area contributed by atoms with Gasteiger partial charge in [0.1, 0.15) is 5.75 Å². The number of aliphatic imine (C=N–C) groups is 1. The van der Waals surface area contributed by atoms with E-state index in [1.54, 1.807) is 12.3 Å². The predicted octanol–water partition coefficient (Wildman–Crippen LogP) is 4.28. The molecule has 0 atom stereocenters. The molecule has 0 spiro atoms. The molecule has 2 aromatic carbocycles. The van der Waals surface area contributed by atoms with Crippen molar-refractivity contribution in [2.45, 2.75) is 13.8 Å². The number of ether oxygens (including phenoxy) is 1. The summed E-state index contributed by atoms with van der Waals surface area (Å²) in [6.07, 6.45) is 1.77. The van der Waals surface area contributed by atoms with E-state index in [1.165, 1.54) is 5.56 Å². The topological polar surface area (TPSA) is 58.9 Å². The Kier molecular flexibility index (Phi) is 5.33. The van der Waals surface area contributed by atoms with E-state index in [-0.39, 0.29) is 6.61 Å². The average Bonchev–Trinajstić information content (AvgIpc) is 2.45. The Bertz CT molecular complexity index is 726.